The molecular formula is C19H18F4N6O2. The van der Waals surface area contributed by atoms with Crippen LogP contribution in [0.5, 0.6) is 0 Å². The minimum Gasteiger partial charge on any atom is -0.465 e. The average Bonchev–Trinajstić information content (AvgIpc) is 2.68. The van der Waals surface area contributed by atoms with E-state index in [4.69, 9.17) is 15.7 Å². The molecule has 0 spiro atoms. The number of amides is 1. The largest absolute Gasteiger partial charge is 0.465 e. The Kier molecular flexibility index (Phi) is 7.47. The molecule has 1 atom stereocenters. The Balaban J connectivity index is 0.000000785. The zero-order valence-electron chi connectivity index (χ0n) is 16.5. The van der Waals surface area contributed by atoms with Crippen LogP contribution in [0.15, 0.2) is 29.4 Å². The van der Waals surface area contributed by atoms with Crippen LogP contribution < -0.4 is 11.1 Å². The quantitative estimate of drug-likeness (QED) is 0.709. The minimum absolute atomic E-state index is 0.0307. The van der Waals surface area contributed by atoms with Gasteiger partial charge in [0.1, 0.15) is 34.6 Å². The van der Waals surface area contributed by atoms with E-state index in [1.807, 2.05) is 6.07 Å². The molecule has 1 aliphatic heterocycles. The smallest absolute Gasteiger partial charge is 0.379 e. The monoisotopic (exact) mass is 438 g/mol. The van der Waals surface area contributed by atoms with Crippen molar-refractivity contribution >= 4 is 17.7 Å². The van der Waals surface area contributed by atoms with Gasteiger partial charge in [-0.15, -0.1) is 0 Å². The first kappa shape index (κ1) is 23.5. The first-order valence-electron chi connectivity index (χ1n) is 8.81. The topological polar surface area (TPSA) is 126 Å². The summed E-state index contributed by atoms with van der Waals surface area (Å²) in [4.78, 5) is 24.9. The third-order valence-corrected chi connectivity index (χ3v) is 4.22. The van der Waals surface area contributed by atoms with Crippen molar-refractivity contribution in [3.8, 4) is 6.07 Å². The number of aryl methyl sites for hydroxylation is 1. The van der Waals surface area contributed by atoms with Gasteiger partial charge in [0.25, 0.3) is 11.9 Å². The number of carbonyl (C=O) groups excluding carboxylic acids is 1. The molecule has 3 heterocycles. The number of carbonyl (C=O) groups is 1. The number of rotatable bonds is 3. The summed E-state index contributed by atoms with van der Waals surface area (Å²) in [5, 5.41) is 11.5. The van der Waals surface area contributed by atoms with Gasteiger partial charge in [0.15, 0.2) is 0 Å². The molecule has 164 valence electrons. The van der Waals surface area contributed by atoms with E-state index in [1.54, 1.807) is 19.9 Å². The van der Waals surface area contributed by atoms with Crippen LogP contribution in [0.2, 0.25) is 0 Å². The highest BCUT2D eigenvalue weighted by Crippen LogP contribution is 2.33. The lowest BCUT2D eigenvalue weighted by Gasteiger charge is -2.29. The van der Waals surface area contributed by atoms with Gasteiger partial charge in [-0.1, -0.05) is 0 Å². The molecule has 2 aromatic heterocycles. The van der Waals surface area contributed by atoms with Crippen molar-refractivity contribution in [2.24, 2.45) is 10.7 Å². The van der Waals surface area contributed by atoms with Crippen molar-refractivity contribution in [3.05, 3.63) is 52.7 Å². The molecule has 3 rings (SSSR count). The highest BCUT2D eigenvalue weighted by atomic mass is 19.4. The fraction of sp³-hybridized carbons (Fsp3) is 0.316. The second-order valence-corrected chi connectivity index (χ2v) is 6.55. The normalized spacial score (nSPS) is 17.5. The van der Waals surface area contributed by atoms with Crippen molar-refractivity contribution in [2.75, 3.05) is 11.9 Å². The maximum atomic E-state index is 14.4. The number of nitrogens with two attached hydrogens (primary N) is 1. The van der Waals surface area contributed by atoms with Gasteiger partial charge in [0, 0.05) is 12.6 Å². The Morgan fingerprint density at radius 1 is 1.39 bits per heavy atom. The summed E-state index contributed by atoms with van der Waals surface area (Å²) in [5.74, 6) is -0.910. The average molecular weight is 438 g/mol. The number of aliphatic imine (C=N–C) groups is 1. The number of hydrogen-bond donors (Lipinski definition) is 2. The van der Waals surface area contributed by atoms with Crippen LogP contribution in [0.1, 0.15) is 40.7 Å². The molecule has 0 aromatic carbocycles. The number of ether oxygens (including phenoxy) is 1. The number of anilines is 1. The Morgan fingerprint density at radius 2 is 2.06 bits per heavy atom. The number of pyridine rings is 2. The third kappa shape index (κ3) is 6.11. The van der Waals surface area contributed by atoms with Gasteiger partial charge in [-0.2, -0.15) is 18.4 Å². The predicted molar refractivity (Wildman–Crippen MR) is 102 cm³/mol. The highest BCUT2D eigenvalue weighted by Gasteiger charge is 2.34. The van der Waals surface area contributed by atoms with E-state index in [0.717, 1.165) is 0 Å². The number of hydrogen-bond acceptors (Lipinski definition) is 7. The number of halogens is 4. The van der Waals surface area contributed by atoms with Gasteiger partial charge in [-0.25, -0.2) is 19.4 Å². The van der Waals surface area contributed by atoms with Gasteiger partial charge in [-0.3, -0.25) is 4.79 Å². The first-order chi connectivity index (χ1) is 14.6. The number of alkyl halides is 3. The summed E-state index contributed by atoms with van der Waals surface area (Å²) in [6.45, 7) is -0.00353. The second kappa shape index (κ2) is 9.84. The molecule has 1 aliphatic rings. The lowest BCUT2D eigenvalue weighted by molar-refractivity contribution is 0.00818. The van der Waals surface area contributed by atoms with Crippen LogP contribution in [0.4, 0.5) is 23.4 Å². The molecule has 3 N–H and O–H groups in total. The molecule has 2 aromatic rings. The molecule has 0 bridgehead atoms. The molecule has 0 saturated heterocycles. The fourth-order valence-electron chi connectivity index (χ4n) is 2.80. The SMILES string of the molecule is Cc1cc(C#N)cnc1C(=O)Nc1ccc(F)c([C@]2(C)CCOC(N)=N2)n1.FC(F)F. The summed E-state index contributed by atoms with van der Waals surface area (Å²) >= 11 is 0. The van der Waals surface area contributed by atoms with Gasteiger partial charge < -0.3 is 15.8 Å². The molecule has 0 aliphatic carbocycles. The Bertz CT molecular complexity index is 1040. The summed E-state index contributed by atoms with van der Waals surface area (Å²) < 4.78 is 48.5. The van der Waals surface area contributed by atoms with Crippen LogP contribution in [0, 0.1) is 24.1 Å². The number of aromatic nitrogens is 2. The number of nitriles is 1. The van der Waals surface area contributed by atoms with Crippen LogP contribution in [0.25, 0.3) is 0 Å². The number of nitrogens with one attached hydrogen (secondary N) is 1. The fourth-order valence-corrected chi connectivity index (χ4v) is 2.80. The Hall–Kier alpha value is -3.75. The lowest BCUT2D eigenvalue weighted by atomic mass is 9.93. The Labute approximate surface area is 174 Å². The molecule has 1 amide bonds. The van der Waals surface area contributed by atoms with Gasteiger partial charge >= 0.3 is 6.68 Å². The summed E-state index contributed by atoms with van der Waals surface area (Å²) in [6, 6.07) is 6.06. The van der Waals surface area contributed by atoms with Crippen LogP contribution in [0.3, 0.4) is 0 Å². The van der Waals surface area contributed by atoms with E-state index in [-0.39, 0.29) is 29.8 Å². The van der Waals surface area contributed by atoms with E-state index in [9.17, 15) is 22.4 Å². The van der Waals surface area contributed by atoms with Gasteiger partial charge in [0.05, 0.1) is 12.2 Å². The maximum absolute atomic E-state index is 14.4. The third-order valence-electron chi connectivity index (χ3n) is 4.22. The van der Waals surface area contributed by atoms with Crippen molar-refractivity contribution in [2.45, 2.75) is 32.5 Å². The molecule has 0 saturated carbocycles. The number of nitrogens with zero attached hydrogens (tertiary/aromatic N) is 4. The lowest BCUT2D eigenvalue weighted by Crippen LogP contribution is -2.35. The van der Waals surface area contributed by atoms with E-state index in [2.05, 4.69) is 20.3 Å². The zero-order valence-corrected chi connectivity index (χ0v) is 16.5. The van der Waals surface area contributed by atoms with E-state index in [1.165, 1.54) is 18.3 Å². The summed E-state index contributed by atoms with van der Waals surface area (Å²) in [6.07, 6.45) is 1.71. The van der Waals surface area contributed by atoms with Crippen molar-refractivity contribution in [3.63, 3.8) is 0 Å². The van der Waals surface area contributed by atoms with Crippen molar-refractivity contribution in [1.82, 2.24) is 9.97 Å². The Morgan fingerprint density at radius 3 is 2.65 bits per heavy atom. The van der Waals surface area contributed by atoms with Gasteiger partial charge in [0.2, 0.25) is 0 Å². The minimum atomic E-state index is -3.67. The van der Waals surface area contributed by atoms with Crippen LogP contribution >= 0.6 is 0 Å². The van der Waals surface area contributed by atoms with Crippen molar-refractivity contribution < 1.29 is 27.1 Å². The molecule has 8 nitrogen and oxygen atoms in total. The van der Waals surface area contributed by atoms with E-state index >= 15 is 0 Å². The number of amidine groups is 1. The molecular weight excluding hydrogens is 420 g/mol. The first-order valence-corrected chi connectivity index (χ1v) is 8.81. The summed E-state index contributed by atoms with van der Waals surface area (Å²) in [7, 11) is 0. The van der Waals surface area contributed by atoms with Gasteiger partial charge in [-0.05, 0) is 37.6 Å². The van der Waals surface area contributed by atoms with Crippen LogP contribution in [-0.2, 0) is 10.3 Å². The van der Waals surface area contributed by atoms with Crippen LogP contribution in [-0.4, -0.2) is 35.2 Å². The second-order valence-electron chi connectivity index (χ2n) is 6.55. The van der Waals surface area contributed by atoms with E-state index in [0.29, 0.717) is 17.5 Å². The van der Waals surface area contributed by atoms with E-state index < -0.39 is 23.9 Å². The predicted octanol–water partition coefficient (Wildman–Crippen LogP) is 3.18. The standard InChI is InChI=1S/C18H17FN6O2.CHF3/c1-10-7-11(8-20)9-22-14(10)16(26)24-13-4-3-12(19)15(23-13)18(2)5-6-27-17(21)25-18;2-1(3)4/h3-4,7,9H,5-6H2,1-2H3,(H2,21,25)(H,23,24,26);1H/t18-;/m0./s1. The maximum Gasteiger partial charge on any atom is 0.379 e. The molecule has 0 unspecified atom stereocenters. The zero-order chi connectivity index (χ0) is 23.2. The highest BCUT2D eigenvalue weighted by molar-refractivity contribution is 6.03. The molecule has 12 heteroatoms. The molecule has 0 radical (unpaired) electrons. The summed E-state index contributed by atoms with van der Waals surface area (Å²) in [5.41, 5.74) is 5.74. The molecule has 31 heavy (non-hydrogen) atoms. The molecule has 0 fully saturated rings. The van der Waals surface area contributed by atoms with Crippen molar-refractivity contribution in [1.29, 1.82) is 5.26 Å².